The Morgan fingerprint density at radius 3 is 2.43 bits per heavy atom. The van der Waals surface area contributed by atoms with Gasteiger partial charge in [-0.1, -0.05) is 43.1 Å². The van der Waals surface area contributed by atoms with Gasteiger partial charge in [-0.2, -0.15) is 0 Å². The Morgan fingerprint density at radius 2 is 1.87 bits per heavy atom. The highest BCUT2D eigenvalue weighted by Gasteiger charge is 2.25. The number of benzene rings is 1. The Labute approximate surface area is 200 Å². The number of hydrogen-bond acceptors (Lipinski definition) is 3. The second kappa shape index (κ2) is 11.7. The predicted octanol–water partition coefficient (Wildman–Crippen LogP) is 6.49. The maximum atomic E-state index is 12.6. The molecule has 2 heterocycles. The lowest BCUT2D eigenvalue weighted by Gasteiger charge is -2.35. The molecule has 1 aromatic carbocycles. The molecule has 0 unspecified atom stereocenters. The molecule has 1 aliphatic rings. The molecule has 1 aromatic heterocycles. The van der Waals surface area contributed by atoms with Crippen molar-refractivity contribution in [3.8, 4) is 0 Å². The lowest BCUT2D eigenvalue weighted by Crippen LogP contribution is -2.48. The molecule has 1 fully saturated rings. The largest absolute Gasteiger partial charge is 0.347 e. The zero-order valence-corrected chi connectivity index (χ0v) is 20.9. The summed E-state index contributed by atoms with van der Waals surface area (Å²) in [4.78, 5) is 17.0. The minimum absolute atomic E-state index is 0. The van der Waals surface area contributed by atoms with Crippen molar-refractivity contribution in [3.63, 3.8) is 0 Å². The van der Waals surface area contributed by atoms with E-state index in [0.717, 1.165) is 30.9 Å². The molecule has 1 saturated heterocycles. The van der Waals surface area contributed by atoms with Crippen molar-refractivity contribution < 1.29 is 4.79 Å². The summed E-state index contributed by atoms with van der Waals surface area (Å²) >= 11 is 13.7. The summed E-state index contributed by atoms with van der Waals surface area (Å²) in [5.41, 5.74) is 1.26. The number of rotatable bonds is 7. The summed E-state index contributed by atoms with van der Waals surface area (Å²) in [5, 5.41) is 4.51. The van der Waals surface area contributed by atoms with Crippen molar-refractivity contribution in [2.24, 2.45) is 11.8 Å². The molecule has 0 radical (unpaired) electrons. The maximum absolute atomic E-state index is 12.6. The van der Waals surface area contributed by atoms with Gasteiger partial charge in [0.1, 0.15) is 0 Å². The lowest BCUT2D eigenvalue weighted by atomic mass is 9.89. The van der Waals surface area contributed by atoms with E-state index in [1.165, 1.54) is 23.3 Å². The minimum Gasteiger partial charge on any atom is -0.347 e. The van der Waals surface area contributed by atoms with E-state index in [0.29, 0.717) is 21.9 Å². The molecule has 1 N–H and O–H groups in total. The molecule has 0 spiro atoms. The van der Waals surface area contributed by atoms with Crippen LogP contribution >= 0.6 is 46.9 Å². The van der Waals surface area contributed by atoms with Gasteiger partial charge in [0.05, 0.1) is 14.9 Å². The van der Waals surface area contributed by atoms with Crippen LogP contribution in [0.3, 0.4) is 0 Å². The van der Waals surface area contributed by atoms with Crippen molar-refractivity contribution in [2.45, 2.75) is 46.1 Å². The Hall–Kier alpha value is -0.780. The van der Waals surface area contributed by atoms with Crippen LogP contribution < -0.4 is 5.32 Å². The van der Waals surface area contributed by atoms with Gasteiger partial charge < -0.3 is 10.2 Å². The molecule has 30 heavy (non-hydrogen) atoms. The van der Waals surface area contributed by atoms with Crippen LogP contribution in [0.25, 0.3) is 0 Å². The fourth-order valence-electron chi connectivity index (χ4n) is 3.87. The smallest absolute Gasteiger partial charge is 0.261 e. The fourth-order valence-corrected chi connectivity index (χ4v) is 4.96. The number of thiophene rings is 1. The number of hydrogen-bond donors (Lipinski definition) is 1. The highest BCUT2D eigenvalue weighted by atomic mass is 35.5. The van der Waals surface area contributed by atoms with Crippen LogP contribution in [0.2, 0.25) is 10.0 Å². The van der Waals surface area contributed by atoms with Gasteiger partial charge in [0.25, 0.3) is 5.91 Å². The van der Waals surface area contributed by atoms with Crippen LogP contribution in [0.5, 0.6) is 0 Å². The van der Waals surface area contributed by atoms with Crippen molar-refractivity contribution in [1.82, 2.24) is 10.2 Å². The maximum Gasteiger partial charge on any atom is 0.261 e. The van der Waals surface area contributed by atoms with Crippen molar-refractivity contribution in [3.05, 3.63) is 55.7 Å². The lowest BCUT2D eigenvalue weighted by molar-refractivity contribution is 0.0897. The van der Waals surface area contributed by atoms with Crippen LogP contribution in [0.1, 0.15) is 46.8 Å². The topological polar surface area (TPSA) is 32.3 Å². The van der Waals surface area contributed by atoms with Crippen LogP contribution in [-0.2, 0) is 6.42 Å². The number of carbonyl (C=O) groups excluding carboxylic acids is 1. The van der Waals surface area contributed by atoms with Crippen molar-refractivity contribution in [2.75, 3.05) is 19.6 Å². The molecular formula is C23H31Cl3N2OS. The number of amides is 1. The van der Waals surface area contributed by atoms with E-state index < -0.39 is 0 Å². The summed E-state index contributed by atoms with van der Waals surface area (Å²) in [5.74, 6) is 1.12. The Balaban J connectivity index is 0.00000320. The van der Waals surface area contributed by atoms with Crippen LogP contribution in [0, 0.1) is 18.8 Å². The first-order valence-electron chi connectivity index (χ1n) is 10.4. The van der Waals surface area contributed by atoms with Gasteiger partial charge in [-0.15, -0.1) is 23.7 Å². The van der Waals surface area contributed by atoms with Crippen molar-refractivity contribution >= 4 is 52.9 Å². The normalized spacial score (nSPS) is 16.3. The zero-order valence-electron chi connectivity index (χ0n) is 17.8. The number of aryl methyl sites for hydroxylation is 1. The van der Waals surface area contributed by atoms with E-state index in [4.69, 9.17) is 23.2 Å². The van der Waals surface area contributed by atoms with E-state index in [1.54, 1.807) is 11.3 Å². The Morgan fingerprint density at radius 1 is 1.17 bits per heavy atom. The molecule has 1 aliphatic heterocycles. The Kier molecular flexibility index (Phi) is 9.96. The molecule has 0 bridgehead atoms. The average molecular weight is 490 g/mol. The number of halogens is 3. The third-order valence-electron chi connectivity index (χ3n) is 5.76. The van der Waals surface area contributed by atoms with Crippen LogP contribution in [0.15, 0.2) is 30.3 Å². The predicted molar refractivity (Wildman–Crippen MR) is 132 cm³/mol. The second-order valence-corrected chi connectivity index (χ2v) is 10.5. The van der Waals surface area contributed by atoms with Gasteiger partial charge in [0.15, 0.2) is 0 Å². The first-order valence-corrected chi connectivity index (χ1v) is 11.9. The first kappa shape index (κ1) is 25.5. The van der Waals surface area contributed by atoms with E-state index in [1.807, 2.05) is 31.2 Å². The summed E-state index contributed by atoms with van der Waals surface area (Å²) in [6, 6.07) is 10.0. The van der Waals surface area contributed by atoms with Crippen LogP contribution in [-0.4, -0.2) is 36.5 Å². The molecule has 7 heteroatoms. The van der Waals surface area contributed by atoms with E-state index in [-0.39, 0.29) is 24.4 Å². The number of piperidine rings is 1. The molecule has 0 saturated carbocycles. The number of nitrogens with zero attached hydrogens (tertiary/aromatic N) is 1. The number of nitrogens with one attached hydrogen (secondary N) is 1. The summed E-state index contributed by atoms with van der Waals surface area (Å²) in [6.45, 7) is 9.45. The third-order valence-corrected chi connectivity index (χ3v) is 7.49. The third kappa shape index (κ3) is 7.13. The molecule has 2 aromatic rings. The van der Waals surface area contributed by atoms with Gasteiger partial charge in [0, 0.05) is 17.5 Å². The molecular weight excluding hydrogens is 459 g/mol. The molecule has 1 atom stereocenters. The first-order chi connectivity index (χ1) is 13.8. The van der Waals surface area contributed by atoms with E-state index in [2.05, 4.69) is 30.1 Å². The fraction of sp³-hybridized carbons (Fsp3) is 0.522. The SMILES string of the molecule is Cc1ccc(C(=O)N[C@H](CN2CCC(Cc3ccc(Cl)c(Cl)c3)CC2)C(C)C)s1.Cl. The highest BCUT2D eigenvalue weighted by Crippen LogP contribution is 2.27. The zero-order chi connectivity index (χ0) is 21.0. The van der Waals surface area contributed by atoms with Gasteiger partial charge in [0.2, 0.25) is 0 Å². The summed E-state index contributed by atoms with van der Waals surface area (Å²) in [7, 11) is 0. The standard InChI is InChI=1S/C23H30Cl2N2OS.ClH/c1-15(2)21(26-23(28)22-7-4-16(3)29-22)14-27-10-8-17(9-11-27)12-18-5-6-19(24)20(25)13-18;/h4-7,13,15,17,21H,8-12,14H2,1-3H3,(H,26,28);1H/t21-;/m1./s1. The summed E-state index contributed by atoms with van der Waals surface area (Å²) < 4.78 is 0. The second-order valence-electron chi connectivity index (χ2n) is 8.43. The number of carbonyl (C=O) groups is 1. The highest BCUT2D eigenvalue weighted by molar-refractivity contribution is 7.13. The van der Waals surface area contributed by atoms with Gasteiger partial charge in [-0.25, -0.2) is 0 Å². The van der Waals surface area contributed by atoms with E-state index >= 15 is 0 Å². The Bertz CT molecular complexity index is 832. The van der Waals surface area contributed by atoms with Gasteiger partial charge in [-0.05, 0) is 80.9 Å². The van der Waals surface area contributed by atoms with E-state index in [9.17, 15) is 4.79 Å². The summed E-state index contributed by atoms with van der Waals surface area (Å²) in [6.07, 6.45) is 3.39. The van der Waals surface area contributed by atoms with Gasteiger partial charge >= 0.3 is 0 Å². The van der Waals surface area contributed by atoms with Crippen molar-refractivity contribution in [1.29, 1.82) is 0 Å². The van der Waals surface area contributed by atoms with Crippen LogP contribution in [0.4, 0.5) is 0 Å². The average Bonchev–Trinajstić information content (AvgIpc) is 3.12. The number of likely N-dealkylation sites (tertiary alicyclic amines) is 1. The molecule has 1 amide bonds. The van der Waals surface area contributed by atoms with Gasteiger partial charge in [-0.3, -0.25) is 4.79 Å². The monoisotopic (exact) mass is 488 g/mol. The molecule has 0 aliphatic carbocycles. The molecule has 3 nitrogen and oxygen atoms in total. The molecule has 3 rings (SSSR count). The molecule has 166 valence electrons. The minimum atomic E-state index is 0. The quantitative estimate of drug-likeness (QED) is 0.482.